The molecule has 2 aliphatic rings. The predicted octanol–water partition coefficient (Wildman–Crippen LogP) is 2.57. The molecule has 0 radical (unpaired) electrons. The number of hydrogen-bond acceptors (Lipinski definition) is 4. The van der Waals surface area contributed by atoms with Crippen LogP contribution in [-0.4, -0.2) is 48.2 Å². The largest absolute Gasteiger partial charge is 0.468 e. The number of carbonyl (C=O) groups excluding carboxylic acids is 1. The van der Waals surface area contributed by atoms with Crippen molar-refractivity contribution < 1.29 is 9.53 Å². The summed E-state index contributed by atoms with van der Waals surface area (Å²) >= 11 is 0. The Hall–Kier alpha value is -0.610. The average Bonchev–Trinajstić information content (AvgIpc) is 2.85. The van der Waals surface area contributed by atoms with Gasteiger partial charge >= 0.3 is 5.97 Å². The summed E-state index contributed by atoms with van der Waals surface area (Å²) in [4.78, 5) is 15.0. The Kier molecular flexibility index (Phi) is 5.31. The Morgan fingerprint density at radius 2 is 2.00 bits per heavy atom. The highest BCUT2D eigenvalue weighted by Gasteiger charge is 2.48. The second kappa shape index (κ2) is 6.66. The molecule has 1 heterocycles. The number of ether oxygens (including phenoxy) is 1. The molecule has 1 saturated heterocycles. The minimum absolute atomic E-state index is 0.0867. The highest BCUT2D eigenvalue weighted by molar-refractivity contribution is 5.81. The van der Waals surface area contributed by atoms with Gasteiger partial charge in [-0.25, -0.2) is 0 Å². The van der Waals surface area contributed by atoms with Crippen LogP contribution in [0.5, 0.6) is 0 Å². The van der Waals surface area contributed by atoms with Crippen LogP contribution in [0.4, 0.5) is 0 Å². The Morgan fingerprint density at radius 1 is 1.29 bits per heavy atom. The molecule has 0 spiro atoms. The summed E-state index contributed by atoms with van der Waals surface area (Å²) in [5.74, 6) is 0.684. The molecular formula is C17H32N2O2. The van der Waals surface area contributed by atoms with E-state index in [4.69, 9.17) is 4.74 Å². The number of piperidine rings is 1. The molecule has 4 unspecified atom stereocenters. The average molecular weight is 296 g/mol. The van der Waals surface area contributed by atoms with Crippen molar-refractivity contribution in [2.24, 2.45) is 5.92 Å². The summed E-state index contributed by atoms with van der Waals surface area (Å²) < 4.78 is 5.10. The Bertz CT molecular complexity index is 372. The third-order valence-corrected chi connectivity index (χ3v) is 5.26. The molecular weight excluding hydrogens is 264 g/mol. The molecule has 0 aromatic heterocycles. The molecule has 0 bridgehead atoms. The summed E-state index contributed by atoms with van der Waals surface area (Å²) in [6, 6.07) is 1.44. The van der Waals surface area contributed by atoms with E-state index in [2.05, 4.69) is 37.9 Å². The van der Waals surface area contributed by atoms with E-state index in [9.17, 15) is 4.79 Å². The van der Waals surface area contributed by atoms with Gasteiger partial charge in [-0.15, -0.1) is 0 Å². The van der Waals surface area contributed by atoms with Crippen LogP contribution < -0.4 is 5.32 Å². The SMILES string of the molecule is COC(=O)C1(NC(C)C)CCC(N2CC(C)CCC2C)C1. The molecule has 4 nitrogen and oxygen atoms in total. The summed E-state index contributed by atoms with van der Waals surface area (Å²) in [5, 5.41) is 3.50. The van der Waals surface area contributed by atoms with Gasteiger partial charge in [-0.2, -0.15) is 0 Å². The first-order valence-corrected chi connectivity index (χ1v) is 8.50. The van der Waals surface area contributed by atoms with E-state index in [0.29, 0.717) is 18.1 Å². The van der Waals surface area contributed by atoms with Crippen molar-refractivity contribution in [3.8, 4) is 0 Å². The van der Waals surface area contributed by atoms with Crippen LogP contribution in [0.25, 0.3) is 0 Å². The summed E-state index contributed by atoms with van der Waals surface area (Å²) in [6.45, 7) is 10.0. The second-order valence-electron chi connectivity index (χ2n) is 7.50. The normalized spacial score (nSPS) is 37.9. The molecule has 2 fully saturated rings. The zero-order valence-electron chi connectivity index (χ0n) is 14.3. The molecule has 2 rings (SSSR count). The van der Waals surface area contributed by atoms with Crippen molar-refractivity contribution in [3.63, 3.8) is 0 Å². The molecule has 4 heteroatoms. The first kappa shape index (κ1) is 16.8. The Labute approximate surface area is 129 Å². The highest BCUT2D eigenvalue weighted by Crippen LogP contribution is 2.37. The van der Waals surface area contributed by atoms with Crippen molar-refractivity contribution in [3.05, 3.63) is 0 Å². The maximum atomic E-state index is 12.3. The highest BCUT2D eigenvalue weighted by atomic mass is 16.5. The van der Waals surface area contributed by atoms with E-state index in [1.165, 1.54) is 26.5 Å². The van der Waals surface area contributed by atoms with Crippen molar-refractivity contribution in [1.29, 1.82) is 0 Å². The van der Waals surface area contributed by atoms with E-state index in [1.807, 2.05) is 0 Å². The number of hydrogen-bond donors (Lipinski definition) is 1. The lowest BCUT2D eigenvalue weighted by Gasteiger charge is -2.41. The number of methoxy groups -OCH3 is 1. The van der Waals surface area contributed by atoms with Gasteiger partial charge in [0.15, 0.2) is 0 Å². The number of rotatable bonds is 4. The maximum Gasteiger partial charge on any atom is 0.326 e. The van der Waals surface area contributed by atoms with Crippen molar-refractivity contribution in [2.75, 3.05) is 13.7 Å². The predicted molar refractivity (Wildman–Crippen MR) is 85.2 cm³/mol. The van der Waals surface area contributed by atoms with E-state index >= 15 is 0 Å². The lowest BCUT2D eigenvalue weighted by molar-refractivity contribution is -0.149. The van der Waals surface area contributed by atoms with Crippen LogP contribution in [0.2, 0.25) is 0 Å². The molecule has 122 valence electrons. The van der Waals surface area contributed by atoms with Gasteiger partial charge in [-0.1, -0.05) is 6.92 Å². The standard InChI is InChI=1S/C17H32N2O2/c1-12(2)18-17(16(20)21-5)9-8-15(10-17)19-11-13(3)6-7-14(19)4/h12-15,18H,6-11H2,1-5H3. The van der Waals surface area contributed by atoms with Crippen LogP contribution in [0.15, 0.2) is 0 Å². The van der Waals surface area contributed by atoms with Gasteiger partial charge in [0, 0.05) is 24.7 Å². The molecule has 21 heavy (non-hydrogen) atoms. The van der Waals surface area contributed by atoms with E-state index < -0.39 is 5.54 Å². The van der Waals surface area contributed by atoms with Gasteiger partial charge in [0.2, 0.25) is 0 Å². The fraction of sp³-hybridized carbons (Fsp3) is 0.941. The molecule has 1 aliphatic carbocycles. The third kappa shape index (κ3) is 3.59. The van der Waals surface area contributed by atoms with Gasteiger partial charge in [-0.05, 0) is 58.8 Å². The number of nitrogens with zero attached hydrogens (tertiary/aromatic N) is 1. The van der Waals surface area contributed by atoms with Crippen LogP contribution in [-0.2, 0) is 9.53 Å². The van der Waals surface area contributed by atoms with Crippen LogP contribution >= 0.6 is 0 Å². The van der Waals surface area contributed by atoms with E-state index in [-0.39, 0.29) is 5.97 Å². The number of likely N-dealkylation sites (tertiary alicyclic amines) is 1. The molecule has 1 aliphatic heterocycles. The molecule has 0 aromatic rings. The van der Waals surface area contributed by atoms with E-state index in [1.54, 1.807) is 0 Å². The zero-order valence-corrected chi connectivity index (χ0v) is 14.3. The molecule has 0 amide bonds. The first-order valence-electron chi connectivity index (χ1n) is 8.50. The monoisotopic (exact) mass is 296 g/mol. The van der Waals surface area contributed by atoms with Crippen LogP contribution in [0.3, 0.4) is 0 Å². The second-order valence-corrected chi connectivity index (χ2v) is 7.50. The maximum absolute atomic E-state index is 12.3. The molecule has 1 N–H and O–H groups in total. The fourth-order valence-electron chi connectivity index (χ4n) is 4.26. The summed E-state index contributed by atoms with van der Waals surface area (Å²) in [6.07, 6.45) is 5.47. The molecule has 0 aromatic carbocycles. The number of esters is 1. The van der Waals surface area contributed by atoms with Gasteiger partial charge < -0.3 is 4.74 Å². The lowest BCUT2D eigenvalue weighted by Crippen LogP contribution is -2.55. The Balaban J connectivity index is 2.10. The lowest BCUT2D eigenvalue weighted by atomic mass is 9.91. The third-order valence-electron chi connectivity index (χ3n) is 5.26. The topological polar surface area (TPSA) is 41.6 Å². The molecule has 1 saturated carbocycles. The smallest absolute Gasteiger partial charge is 0.326 e. The number of nitrogens with one attached hydrogen (secondary N) is 1. The van der Waals surface area contributed by atoms with Crippen molar-refractivity contribution in [1.82, 2.24) is 10.2 Å². The van der Waals surface area contributed by atoms with E-state index in [0.717, 1.165) is 25.2 Å². The van der Waals surface area contributed by atoms with Crippen LogP contribution in [0.1, 0.15) is 59.8 Å². The minimum atomic E-state index is -0.478. The quantitative estimate of drug-likeness (QED) is 0.810. The van der Waals surface area contributed by atoms with Crippen LogP contribution in [0, 0.1) is 5.92 Å². The summed E-state index contributed by atoms with van der Waals surface area (Å²) in [7, 11) is 1.50. The van der Waals surface area contributed by atoms with Gasteiger partial charge in [-0.3, -0.25) is 15.0 Å². The first-order chi connectivity index (χ1) is 9.88. The molecule has 4 atom stereocenters. The van der Waals surface area contributed by atoms with Gasteiger partial charge in [0.05, 0.1) is 7.11 Å². The zero-order chi connectivity index (χ0) is 15.6. The number of carbonyl (C=O) groups is 1. The van der Waals surface area contributed by atoms with Gasteiger partial charge in [0.25, 0.3) is 0 Å². The van der Waals surface area contributed by atoms with Crippen molar-refractivity contribution >= 4 is 5.97 Å². The summed E-state index contributed by atoms with van der Waals surface area (Å²) in [5.41, 5.74) is -0.478. The fourth-order valence-corrected chi connectivity index (χ4v) is 4.26. The Morgan fingerprint density at radius 3 is 2.62 bits per heavy atom. The van der Waals surface area contributed by atoms with Gasteiger partial charge in [0.1, 0.15) is 5.54 Å². The van der Waals surface area contributed by atoms with Crippen molar-refractivity contribution in [2.45, 2.75) is 83.5 Å². The minimum Gasteiger partial charge on any atom is -0.468 e.